The number of pyridine rings is 2. The van der Waals surface area contributed by atoms with Crippen molar-refractivity contribution in [3.05, 3.63) is 54.0 Å². The lowest BCUT2D eigenvalue weighted by Crippen LogP contribution is -2.31. The average molecular weight is 447 g/mol. The van der Waals surface area contributed by atoms with Gasteiger partial charge in [0, 0.05) is 31.4 Å². The molecule has 3 aromatic rings. The number of anilines is 3. The molecule has 11 heteroatoms. The molecule has 0 saturated carbocycles. The van der Waals surface area contributed by atoms with E-state index in [1.807, 2.05) is 0 Å². The Labute approximate surface area is 181 Å². The fourth-order valence-corrected chi connectivity index (χ4v) is 3.15. The van der Waals surface area contributed by atoms with E-state index in [2.05, 4.69) is 20.6 Å². The van der Waals surface area contributed by atoms with Crippen molar-refractivity contribution in [2.75, 3.05) is 30.5 Å². The summed E-state index contributed by atoms with van der Waals surface area (Å²) >= 11 is 0. The predicted octanol–water partition coefficient (Wildman–Crippen LogP) is 4.02. The molecule has 0 atom stereocenters. The molecule has 0 spiro atoms. The molecule has 3 rings (SSSR count). The van der Waals surface area contributed by atoms with Crippen molar-refractivity contribution in [3.63, 3.8) is 0 Å². The first-order valence-electron chi connectivity index (χ1n) is 9.45. The van der Waals surface area contributed by atoms with Gasteiger partial charge in [0.05, 0.1) is 40.9 Å². The Morgan fingerprint density at radius 3 is 2.69 bits per heavy atom. The zero-order chi connectivity index (χ0) is 23.3. The van der Waals surface area contributed by atoms with Gasteiger partial charge in [0.25, 0.3) is 0 Å². The normalized spacial score (nSPS) is 11.3. The summed E-state index contributed by atoms with van der Waals surface area (Å²) in [6, 6.07) is 5.00. The van der Waals surface area contributed by atoms with E-state index in [9.17, 15) is 22.8 Å². The average Bonchev–Trinajstić information content (AvgIpc) is 2.76. The lowest BCUT2D eigenvalue weighted by Gasteiger charge is -2.23. The summed E-state index contributed by atoms with van der Waals surface area (Å²) in [5.41, 5.74) is -0.0594. The first-order chi connectivity index (χ1) is 15.3. The lowest BCUT2D eigenvalue weighted by atomic mass is 10.1. The van der Waals surface area contributed by atoms with Crippen LogP contribution in [0.2, 0.25) is 0 Å². The number of hydrogen-bond acceptors (Lipinski definition) is 5. The van der Waals surface area contributed by atoms with Crippen LogP contribution in [0.3, 0.4) is 0 Å². The molecule has 3 amide bonds. The third-order valence-electron chi connectivity index (χ3n) is 4.63. The molecule has 0 radical (unpaired) electrons. The van der Waals surface area contributed by atoms with Gasteiger partial charge in [-0.3, -0.25) is 19.7 Å². The molecule has 2 N–H and O–H groups in total. The van der Waals surface area contributed by atoms with E-state index in [4.69, 9.17) is 4.74 Å². The number of para-hydroxylation sites is 1. The summed E-state index contributed by atoms with van der Waals surface area (Å²) in [6.07, 6.45) is -0.987. The van der Waals surface area contributed by atoms with Crippen LogP contribution in [0, 0.1) is 6.92 Å². The number of alkyl halides is 3. The first kappa shape index (κ1) is 22.9. The number of fused-ring (bicyclic) bond motifs is 1. The highest BCUT2D eigenvalue weighted by atomic mass is 19.4. The number of rotatable bonds is 7. The molecule has 32 heavy (non-hydrogen) atoms. The van der Waals surface area contributed by atoms with E-state index in [-0.39, 0.29) is 24.2 Å². The van der Waals surface area contributed by atoms with Gasteiger partial charge in [0.2, 0.25) is 6.41 Å². The van der Waals surface area contributed by atoms with Gasteiger partial charge in [-0.25, -0.2) is 4.79 Å². The minimum atomic E-state index is -4.69. The highest BCUT2D eigenvalue weighted by Gasteiger charge is 2.35. The molecular formula is C21H20F3N5O3. The second-order valence-electron chi connectivity index (χ2n) is 6.73. The summed E-state index contributed by atoms with van der Waals surface area (Å²) < 4.78 is 45.4. The van der Waals surface area contributed by atoms with Crippen molar-refractivity contribution < 1.29 is 27.5 Å². The van der Waals surface area contributed by atoms with E-state index in [0.717, 1.165) is 23.4 Å². The Morgan fingerprint density at radius 2 is 2.00 bits per heavy atom. The number of ether oxygens (including phenoxy) is 1. The molecule has 0 fully saturated rings. The number of urea groups is 1. The quantitative estimate of drug-likeness (QED) is 0.421. The summed E-state index contributed by atoms with van der Waals surface area (Å²) in [6.45, 7) is 2.34. The largest absolute Gasteiger partial charge is 0.418 e. The molecule has 0 unspecified atom stereocenters. The Morgan fingerprint density at radius 1 is 1.22 bits per heavy atom. The van der Waals surface area contributed by atoms with Gasteiger partial charge in [-0.15, -0.1) is 0 Å². The van der Waals surface area contributed by atoms with Gasteiger partial charge in [-0.1, -0.05) is 12.1 Å². The monoisotopic (exact) mass is 447 g/mol. The number of methoxy groups -OCH3 is 1. The predicted molar refractivity (Wildman–Crippen MR) is 113 cm³/mol. The second-order valence-corrected chi connectivity index (χ2v) is 6.73. The van der Waals surface area contributed by atoms with E-state index in [0.29, 0.717) is 23.2 Å². The van der Waals surface area contributed by atoms with Crippen LogP contribution in [-0.2, 0) is 15.7 Å². The van der Waals surface area contributed by atoms with Crippen molar-refractivity contribution in [1.82, 2.24) is 15.3 Å². The maximum atomic E-state index is 13.5. The minimum Gasteiger partial charge on any atom is -0.383 e. The van der Waals surface area contributed by atoms with Crippen molar-refractivity contribution in [2.24, 2.45) is 0 Å². The number of nitrogens with zero attached hydrogens (tertiary/aromatic N) is 3. The number of halogens is 3. The van der Waals surface area contributed by atoms with E-state index >= 15 is 0 Å². The Balaban J connectivity index is 2.09. The third kappa shape index (κ3) is 4.78. The third-order valence-corrected chi connectivity index (χ3v) is 4.63. The minimum absolute atomic E-state index is 0.110. The Hall–Kier alpha value is -3.73. The zero-order valence-corrected chi connectivity index (χ0v) is 17.2. The van der Waals surface area contributed by atoms with E-state index in [1.165, 1.54) is 19.4 Å². The standard InChI is InChI=1S/C21H20F3N5O3/c1-13-10-27-19-14(18(13)28-20(31)26-8-9-32-2)4-3-5-16(19)29(12-30)17-11-25-7-6-15(17)21(22,23)24/h3-7,10-12H,8-9H2,1-2H3,(H2,26,27,28,31). The first-order valence-corrected chi connectivity index (χ1v) is 9.45. The number of benzene rings is 1. The van der Waals surface area contributed by atoms with Crippen molar-refractivity contribution in [1.29, 1.82) is 0 Å². The molecule has 0 bridgehead atoms. The number of nitrogens with one attached hydrogen (secondary N) is 2. The smallest absolute Gasteiger partial charge is 0.383 e. The molecule has 2 heterocycles. The molecule has 1 aromatic carbocycles. The van der Waals surface area contributed by atoms with Gasteiger partial charge in [0.15, 0.2) is 0 Å². The molecule has 168 valence electrons. The van der Waals surface area contributed by atoms with Gasteiger partial charge < -0.3 is 15.4 Å². The summed E-state index contributed by atoms with van der Waals surface area (Å²) in [7, 11) is 1.51. The summed E-state index contributed by atoms with van der Waals surface area (Å²) in [5, 5.41) is 5.81. The number of amides is 3. The molecule has 0 aliphatic heterocycles. The Bertz CT molecular complexity index is 1140. The molecule has 0 saturated heterocycles. The van der Waals surface area contributed by atoms with Crippen LogP contribution in [0.1, 0.15) is 11.1 Å². The molecule has 2 aromatic heterocycles. The van der Waals surface area contributed by atoms with Crippen LogP contribution in [0.15, 0.2) is 42.9 Å². The van der Waals surface area contributed by atoms with Crippen LogP contribution in [-0.4, -0.2) is 42.7 Å². The highest BCUT2D eigenvalue weighted by Crippen LogP contribution is 2.40. The summed E-state index contributed by atoms with van der Waals surface area (Å²) in [5.74, 6) is 0. The van der Waals surface area contributed by atoms with Gasteiger partial charge in [-0.05, 0) is 24.6 Å². The molecule has 0 aliphatic carbocycles. The number of hydrogen-bond donors (Lipinski definition) is 2. The molecule has 8 nitrogen and oxygen atoms in total. The van der Waals surface area contributed by atoms with Gasteiger partial charge >= 0.3 is 12.2 Å². The van der Waals surface area contributed by atoms with E-state index in [1.54, 1.807) is 19.1 Å². The molecular weight excluding hydrogens is 427 g/mol. The van der Waals surface area contributed by atoms with Crippen LogP contribution < -0.4 is 15.5 Å². The van der Waals surface area contributed by atoms with Crippen LogP contribution in [0.4, 0.5) is 35.0 Å². The van der Waals surface area contributed by atoms with Crippen LogP contribution >= 0.6 is 0 Å². The topological polar surface area (TPSA) is 96.5 Å². The Kier molecular flexibility index (Phi) is 6.89. The zero-order valence-electron chi connectivity index (χ0n) is 17.2. The maximum absolute atomic E-state index is 13.5. The summed E-state index contributed by atoms with van der Waals surface area (Å²) in [4.78, 5) is 33.0. The van der Waals surface area contributed by atoms with Crippen LogP contribution in [0.25, 0.3) is 10.9 Å². The fraction of sp³-hybridized carbons (Fsp3) is 0.238. The van der Waals surface area contributed by atoms with E-state index < -0.39 is 23.5 Å². The number of aromatic nitrogens is 2. The second kappa shape index (κ2) is 9.60. The number of carbonyl (C=O) groups is 2. The van der Waals surface area contributed by atoms with Gasteiger partial charge in [0.1, 0.15) is 0 Å². The maximum Gasteiger partial charge on any atom is 0.418 e. The SMILES string of the molecule is COCCNC(=O)Nc1c(C)cnc2c(N(C=O)c3cnccc3C(F)(F)F)cccc12. The highest BCUT2D eigenvalue weighted by molar-refractivity contribution is 6.08. The number of carbonyl (C=O) groups excluding carboxylic acids is 2. The fourth-order valence-electron chi connectivity index (χ4n) is 3.15. The molecule has 0 aliphatic rings. The van der Waals surface area contributed by atoms with Crippen molar-refractivity contribution >= 4 is 40.4 Å². The lowest BCUT2D eigenvalue weighted by molar-refractivity contribution is -0.137. The van der Waals surface area contributed by atoms with Crippen molar-refractivity contribution in [3.8, 4) is 0 Å². The van der Waals surface area contributed by atoms with Gasteiger partial charge in [-0.2, -0.15) is 13.2 Å². The van der Waals surface area contributed by atoms with Crippen LogP contribution in [0.5, 0.6) is 0 Å². The van der Waals surface area contributed by atoms with Crippen molar-refractivity contribution in [2.45, 2.75) is 13.1 Å². The number of aryl methyl sites for hydroxylation is 1.